The highest BCUT2D eigenvalue weighted by Crippen LogP contribution is 1.85. The summed E-state index contributed by atoms with van der Waals surface area (Å²) in [7, 11) is 1.77. The normalized spacial score (nSPS) is 8.71. The van der Waals surface area contributed by atoms with E-state index >= 15 is 0 Å². The van der Waals surface area contributed by atoms with Gasteiger partial charge in [-0.05, 0) is 0 Å². The van der Waals surface area contributed by atoms with Gasteiger partial charge in [-0.25, -0.2) is 4.98 Å². The molecule has 0 aliphatic rings. The summed E-state index contributed by atoms with van der Waals surface area (Å²) < 4.78 is 0. The lowest BCUT2D eigenvalue weighted by molar-refractivity contribution is 1.09. The van der Waals surface area contributed by atoms with Crippen LogP contribution in [0.5, 0.6) is 0 Å². The predicted molar refractivity (Wildman–Crippen MR) is 25.9 cm³/mol. The molecule has 0 saturated heterocycles. The van der Waals surface area contributed by atoms with E-state index in [2.05, 4.69) is 20.5 Å². The quantitative estimate of drug-likeness (QED) is 0.513. The number of nitrogens with zero attached hydrogens (tertiary/aromatic N) is 2. The van der Waals surface area contributed by atoms with Crippen LogP contribution in [0.1, 0.15) is 0 Å². The number of hydrogen-bond acceptors (Lipinski definition) is 3. The zero-order chi connectivity index (χ0) is 5.11. The Kier molecular flexibility index (Phi) is 0.934. The molecule has 1 aromatic heterocycles. The highest BCUT2D eigenvalue weighted by atomic mass is 15.3. The van der Waals surface area contributed by atoms with Crippen molar-refractivity contribution < 1.29 is 0 Å². The molecule has 0 atom stereocenters. The van der Waals surface area contributed by atoms with E-state index < -0.39 is 0 Å². The van der Waals surface area contributed by atoms with Crippen LogP contribution in [0.15, 0.2) is 6.33 Å². The van der Waals surface area contributed by atoms with E-state index in [4.69, 9.17) is 0 Å². The maximum Gasteiger partial charge on any atom is 0.241 e. The number of anilines is 1. The van der Waals surface area contributed by atoms with Crippen molar-refractivity contribution >= 4 is 5.95 Å². The average Bonchev–Trinajstić information content (AvgIpc) is 2.14. The summed E-state index contributed by atoms with van der Waals surface area (Å²) in [4.78, 5) is 3.76. The van der Waals surface area contributed by atoms with Crippen LogP contribution in [0.25, 0.3) is 0 Å². The van der Waals surface area contributed by atoms with E-state index in [0.717, 1.165) is 0 Å². The Morgan fingerprint density at radius 1 is 1.86 bits per heavy atom. The molecule has 1 aromatic rings. The zero-order valence-electron chi connectivity index (χ0n) is 3.97. The minimum absolute atomic E-state index is 0.625. The monoisotopic (exact) mass is 98.1 g/mol. The second-order valence-electron chi connectivity index (χ2n) is 1.07. The Morgan fingerprint density at radius 3 is 3.00 bits per heavy atom. The molecule has 4 heteroatoms. The number of H-pyrrole nitrogens is 1. The second-order valence-corrected chi connectivity index (χ2v) is 1.07. The molecule has 4 nitrogen and oxygen atoms in total. The molecule has 0 fully saturated rings. The van der Waals surface area contributed by atoms with Crippen molar-refractivity contribution in [3.8, 4) is 0 Å². The molecule has 1 rings (SSSR count). The number of rotatable bonds is 1. The molecule has 0 aliphatic carbocycles. The molecule has 0 spiro atoms. The summed E-state index contributed by atoms with van der Waals surface area (Å²) in [6, 6.07) is 0. The maximum absolute atomic E-state index is 3.76. The Hall–Kier alpha value is -1.06. The van der Waals surface area contributed by atoms with Gasteiger partial charge in [-0.15, -0.1) is 5.10 Å². The van der Waals surface area contributed by atoms with Gasteiger partial charge in [-0.2, -0.15) is 0 Å². The first-order valence-corrected chi connectivity index (χ1v) is 1.97. The van der Waals surface area contributed by atoms with E-state index in [1.807, 2.05) is 0 Å². The molecule has 7 heavy (non-hydrogen) atoms. The van der Waals surface area contributed by atoms with Crippen molar-refractivity contribution in [3.05, 3.63) is 6.33 Å². The Morgan fingerprint density at radius 2 is 2.71 bits per heavy atom. The zero-order valence-corrected chi connectivity index (χ0v) is 3.97. The van der Waals surface area contributed by atoms with Crippen LogP contribution in [-0.2, 0) is 0 Å². The Bertz CT molecular complexity index is 121. The van der Waals surface area contributed by atoms with Crippen molar-refractivity contribution in [2.24, 2.45) is 0 Å². The van der Waals surface area contributed by atoms with Gasteiger partial charge in [0.25, 0.3) is 0 Å². The van der Waals surface area contributed by atoms with E-state index in [0.29, 0.717) is 5.95 Å². The van der Waals surface area contributed by atoms with Crippen molar-refractivity contribution in [1.29, 1.82) is 0 Å². The maximum atomic E-state index is 3.76. The van der Waals surface area contributed by atoms with Crippen LogP contribution < -0.4 is 5.32 Å². The molecule has 0 saturated carbocycles. The third kappa shape index (κ3) is 0.677. The average molecular weight is 98.1 g/mol. The first kappa shape index (κ1) is 4.11. The minimum atomic E-state index is 0.625. The van der Waals surface area contributed by atoms with Gasteiger partial charge in [0.15, 0.2) is 0 Å². The molecule has 1 heterocycles. The highest BCUT2D eigenvalue weighted by Gasteiger charge is 1.83. The smallest absolute Gasteiger partial charge is 0.241 e. The Balaban J connectivity index is 2.76. The molecule has 0 unspecified atom stereocenters. The minimum Gasteiger partial charge on any atom is -0.356 e. The second kappa shape index (κ2) is 1.59. The fourth-order valence-electron chi connectivity index (χ4n) is 0.329. The van der Waals surface area contributed by atoms with E-state index in [-0.39, 0.29) is 0 Å². The third-order valence-corrected chi connectivity index (χ3v) is 0.639. The molecule has 2 N–H and O–H groups in total. The van der Waals surface area contributed by atoms with Gasteiger partial charge in [0.05, 0.1) is 0 Å². The number of hydrogen-bond donors (Lipinski definition) is 2. The van der Waals surface area contributed by atoms with Crippen LogP contribution in [0.2, 0.25) is 0 Å². The summed E-state index contributed by atoms with van der Waals surface area (Å²) in [5.41, 5.74) is 0. The number of nitrogens with one attached hydrogen (secondary N) is 2. The lowest BCUT2D eigenvalue weighted by atomic mass is 11.0. The fourth-order valence-corrected chi connectivity index (χ4v) is 0.329. The summed E-state index contributed by atoms with van der Waals surface area (Å²) >= 11 is 0. The van der Waals surface area contributed by atoms with Crippen molar-refractivity contribution in [2.75, 3.05) is 12.4 Å². The van der Waals surface area contributed by atoms with E-state index in [9.17, 15) is 0 Å². The highest BCUT2D eigenvalue weighted by molar-refractivity contribution is 5.17. The topological polar surface area (TPSA) is 53.6 Å². The molecular weight excluding hydrogens is 92.1 g/mol. The summed E-state index contributed by atoms with van der Waals surface area (Å²) in [6.07, 6.45) is 1.52. The van der Waals surface area contributed by atoms with Crippen molar-refractivity contribution in [2.45, 2.75) is 0 Å². The van der Waals surface area contributed by atoms with Gasteiger partial charge in [0.1, 0.15) is 6.33 Å². The van der Waals surface area contributed by atoms with Gasteiger partial charge < -0.3 is 5.32 Å². The van der Waals surface area contributed by atoms with Gasteiger partial charge in [-0.3, -0.25) is 5.10 Å². The largest absolute Gasteiger partial charge is 0.356 e. The van der Waals surface area contributed by atoms with Crippen LogP contribution in [0, 0.1) is 0 Å². The van der Waals surface area contributed by atoms with Crippen LogP contribution in [0.3, 0.4) is 0 Å². The molecule has 38 valence electrons. The molecule has 0 radical (unpaired) electrons. The lowest BCUT2D eigenvalue weighted by Gasteiger charge is -1.82. The lowest BCUT2D eigenvalue weighted by Crippen LogP contribution is -1.88. The van der Waals surface area contributed by atoms with Gasteiger partial charge >= 0.3 is 0 Å². The fraction of sp³-hybridized carbons (Fsp3) is 0.333. The van der Waals surface area contributed by atoms with Gasteiger partial charge in [-0.1, -0.05) is 0 Å². The molecule has 0 amide bonds. The van der Waals surface area contributed by atoms with Crippen molar-refractivity contribution in [3.63, 3.8) is 0 Å². The first-order valence-electron chi connectivity index (χ1n) is 1.97. The third-order valence-electron chi connectivity index (χ3n) is 0.639. The van der Waals surface area contributed by atoms with Crippen LogP contribution in [0.4, 0.5) is 5.95 Å². The van der Waals surface area contributed by atoms with E-state index in [1.165, 1.54) is 6.33 Å². The van der Waals surface area contributed by atoms with Crippen molar-refractivity contribution in [1.82, 2.24) is 15.2 Å². The predicted octanol–water partition coefficient (Wildman–Crippen LogP) is -0.154. The molecule has 0 aromatic carbocycles. The molecular formula is C3H6N4. The standard InChI is InChI=1S/C3H6N4/c1-4-3-5-2-6-7-3/h2H,1H3,(H2,4,5,6,7). The number of aromatic nitrogens is 3. The van der Waals surface area contributed by atoms with E-state index in [1.54, 1.807) is 7.05 Å². The summed E-state index contributed by atoms with van der Waals surface area (Å²) in [5, 5.41) is 9.00. The SMILES string of the molecule is CNc1nc[nH]n1. The van der Waals surface area contributed by atoms with Crippen LogP contribution >= 0.6 is 0 Å². The van der Waals surface area contributed by atoms with Gasteiger partial charge in [0.2, 0.25) is 5.95 Å². The Labute approximate surface area is 41.0 Å². The first-order chi connectivity index (χ1) is 3.43. The number of aromatic amines is 1. The van der Waals surface area contributed by atoms with Gasteiger partial charge in [0, 0.05) is 7.05 Å². The molecule has 0 bridgehead atoms. The molecule has 0 aliphatic heterocycles. The summed E-state index contributed by atoms with van der Waals surface area (Å²) in [6.45, 7) is 0. The van der Waals surface area contributed by atoms with Crippen LogP contribution in [-0.4, -0.2) is 22.2 Å². The summed E-state index contributed by atoms with van der Waals surface area (Å²) in [5.74, 6) is 0.625.